The molecule has 0 unspecified atom stereocenters. The molecule has 1 aromatic heterocycles. The van der Waals surface area contributed by atoms with Crippen LogP contribution in [0, 0.1) is 0 Å². The maximum Gasteiger partial charge on any atom is 0.293 e. The Bertz CT molecular complexity index is 738. The van der Waals surface area contributed by atoms with Gasteiger partial charge in [-0.15, -0.1) is 17.5 Å². The number of hydrogen-bond acceptors (Lipinski definition) is 4. The van der Waals surface area contributed by atoms with Crippen LogP contribution in [0.3, 0.4) is 0 Å². The van der Waals surface area contributed by atoms with Crippen molar-refractivity contribution in [3.8, 4) is 5.69 Å². The van der Waals surface area contributed by atoms with Crippen LogP contribution in [-0.2, 0) is 0 Å². The van der Waals surface area contributed by atoms with E-state index in [1.807, 2.05) is 24.3 Å². The molecule has 1 N–H and O–H groups in total. The van der Waals surface area contributed by atoms with E-state index in [-0.39, 0.29) is 24.1 Å². The Kier molecular flexibility index (Phi) is 5.08. The quantitative estimate of drug-likeness (QED) is 0.903. The molecule has 4 rings (SSSR count). The van der Waals surface area contributed by atoms with Crippen LogP contribution in [0.4, 0.5) is 0 Å². The Morgan fingerprint density at radius 3 is 2.58 bits per heavy atom. The van der Waals surface area contributed by atoms with Crippen LogP contribution in [0.25, 0.3) is 5.69 Å². The molecule has 1 aromatic carbocycles. The van der Waals surface area contributed by atoms with Gasteiger partial charge in [-0.25, -0.2) is 9.67 Å². The van der Waals surface area contributed by atoms with Crippen LogP contribution < -0.4 is 5.32 Å². The summed E-state index contributed by atoms with van der Waals surface area (Å²) < 4.78 is 1.75. The first-order valence-corrected chi connectivity index (χ1v) is 8.33. The van der Waals surface area contributed by atoms with Crippen molar-refractivity contribution < 1.29 is 4.79 Å². The van der Waals surface area contributed by atoms with Gasteiger partial charge in [-0.05, 0) is 25.0 Å². The summed E-state index contributed by atoms with van der Waals surface area (Å²) in [5.41, 5.74) is 0.780. The van der Waals surface area contributed by atoms with E-state index in [9.17, 15) is 4.79 Å². The minimum absolute atomic E-state index is 0. The van der Waals surface area contributed by atoms with Gasteiger partial charge in [0.1, 0.15) is 5.82 Å². The molecule has 128 valence electrons. The molecule has 0 atom stereocenters. The maximum atomic E-state index is 12.7. The Hall–Kier alpha value is -1.63. The van der Waals surface area contributed by atoms with E-state index >= 15 is 0 Å². The summed E-state index contributed by atoms with van der Waals surface area (Å²) in [6.45, 7) is 3.01. The van der Waals surface area contributed by atoms with Crippen LogP contribution >= 0.6 is 24.0 Å². The molecule has 1 saturated heterocycles. The molecule has 24 heavy (non-hydrogen) atoms. The molecule has 2 aliphatic rings. The van der Waals surface area contributed by atoms with Gasteiger partial charge in [0.25, 0.3) is 5.91 Å². The number of amides is 1. The van der Waals surface area contributed by atoms with Crippen LogP contribution in [0.1, 0.15) is 35.2 Å². The van der Waals surface area contributed by atoms with Crippen molar-refractivity contribution >= 4 is 29.9 Å². The summed E-state index contributed by atoms with van der Waals surface area (Å²) >= 11 is 6.30. The molecule has 8 heteroatoms. The third-order valence-electron chi connectivity index (χ3n) is 4.25. The van der Waals surface area contributed by atoms with Crippen molar-refractivity contribution in [2.45, 2.75) is 18.8 Å². The summed E-state index contributed by atoms with van der Waals surface area (Å²) in [4.78, 5) is 19.0. The van der Waals surface area contributed by atoms with Crippen molar-refractivity contribution in [2.24, 2.45) is 0 Å². The number of piperazine rings is 1. The van der Waals surface area contributed by atoms with Crippen molar-refractivity contribution in [1.29, 1.82) is 0 Å². The molecular weight excluding hydrogens is 349 g/mol. The highest BCUT2D eigenvalue weighted by Crippen LogP contribution is 2.40. The van der Waals surface area contributed by atoms with Gasteiger partial charge < -0.3 is 10.2 Å². The number of carbonyl (C=O) groups is 1. The van der Waals surface area contributed by atoms with Gasteiger partial charge in [0, 0.05) is 32.1 Å². The average Bonchev–Trinajstić information content (AvgIpc) is 3.34. The molecule has 1 aliphatic heterocycles. The minimum atomic E-state index is -0.0980. The topological polar surface area (TPSA) is 63.1 Å². The molecule has 0 radical (unpaired) electrons. The predicted octanol–water partition coefficient (Wildman–Crippen LogP) is 2.27. The highest BCUT2D eigenvalue weighted by atomic mass is 35.5. The van der Waals surface area contributed by atoms with Gasteiger partial charge in [0.15, 0.2) is 0 Å². The average molecular weight is 368 g/mol. The molecule has 2 aromatic rings. The number of hydrogen-bond donors (Lipinski definition) is 1. The second-order valence-electron chi connectivity index (χ2n) is 5.97. The fourth-order valence-corrected chi connectivity index (χ4v) is 3.05. The van der Waals surface area contributed by atoms with E-state index < -0.39 is 0 Å². The van der Waals surface area contributed by atoms with Crippen LogP contribution in [0.5, 0.6) is 0 Å². The van der Waals surface area contributed by atoms with Crippen molar-refractivity contribution in [3.05, 3.63) is 40.9 Å². The van der Waals surface area contributed by atoms with E-state index in [1.165, 1.54) is 0 Å². The van der Waals surface area contributed by atoms with E-state index in [0.717, 1.165) is 37.4 Å². The predicted molar refractivity (Wildman–Crippen MR) is 94.4 cm³/mol. The zero-order chi connectivity index (χ0) is 15.8. The van der Waals surface area contributed by atoms with Crippen LogP contribution in [0.15, 0.2) is 24.3 Å². The van der Waals surface area contributed by atoms with Crippen molar-refractivity contribution in [2.75, 3.05) is 26.2 Å². The van der Waals surface area contributed by atoms with E-state index in [4.69, 9.17) is 11.6 Å². The smallest absolute Gasteiger partial charge is 0.293 e. The lowest BCUT2D eigenvalue weighted by Crippen LogP contribution is -2.46. The lowest BCUT2D eigenvalue weighted by atomic mass is 10.3. The lowest BCUT2D eigenvalue weighted by Gasteiger charge is -2.26. The molecule has 1 saturated carbocycles. The highest BCUT2D eigenvalue weighted by molar-refractivity contribution is 6.32. The SMILES string of the molecule is Cl.O=C(c1nc(C2CC2)n(-c2ccccc2Cl)n1)N1CCNCC1. The number of nitrogens with zero attached hydrogens (tertiary/aromatic N) is 4. The second-order valence-corrected chi connectivity index (χ2v) is 6.38. The third-order valence-corrected chi connectivity index (χ3v) is 4.57. The summed E-state index contributed by atoms with van der Waals surface area (Å²) in [7, 11) is 0. The number of nitrogens with one attached hydrogen (secondary N) is 1. The maximum absolute atomic E-state index is 12.7. The Morgan fingerprint density at radius 2 is 1.92 bits per heavy atom. The normalized spacial score (nSPS) is 17.5. The summed E-state index contributed by atoms with van der Waals surface area (Å²) in [6, 6.07) is 7.53. The minimum Gasteiger partial charge on any atom is -0.333 e. The number of para-hydroxylation sites is 1. The molecular formula is C16H19Cl2N5O. The van der Waals surface area contributed by atoms with Gasteiger partial charge in [-0.3, -0.25) is 4.79 Å². The first kappa shape index (κ1) is 17.2. The number of benzene rings is 1. The molecule has 2 fully saturated rings. The van der Waals surface area contributed by atoms with E-state index in [1.54, 1.807) is 9.58 Å². The van der Waals surface area contributed by atoms with Crippen molar-refractivity contribution in [1.82, 2.24) is 25.0 Å². The highest BCUT2D eigenvalue weighted by Gasteiger charge is 2.33. The molecule has 6 nitrogen and oxygen atoms in total. The molecule has 1 aliphatic carbocycles. The molecule has 1 amide bonds. The molecule has 2 heterocycles. The fraction of sp³-hybridized carbons (Fsp3) is 0.438. The molecule has 0 spiro atoms. The second kappa shape index (κ2) is 7.09. The standard InChI is InChI=1S/C16H18ClN5O.ClH/c17-12-3-1-2-4-13(12)22-15(11-5-6-11)19-14(20-22)16(23)21-9-7-18-8-10-21;/h1-4,11,18H,5-10H2;1H. The lowest BCUT2D eigenvalue weighted by molar-refractivity contribution is 0.0723. The fourth-order valence-electron chi connectivity index (χ4n) is 2.83. The summed E-state index contributed by atoms with van der Waals surface area (Å²) in [6.07, 6.45) is 2.18. The van der Waals surface area contributed by atoms with Gasteiger partial charge in [-0.1, -0.05) is 23.7 Å². The monoisotopic (exact) mass is 367 g/mol. The van der Waals surface area contributed by atoms with Gasteiger partial charge >= 0.3 is 0 Å². The molecule has 0 bridgehead atoms. The number of rotatable bonds is 3. The Labute approximate surface area is 151 Å². The van der Waals surface area contributed by atoms with Gasteiger partial charge in [-0.2, -0.15) is 0 Å². The Morgan fingerprint density at radius 1 is 1.21 bits per heavy atom. The van der Waals surface area contributed by atoms with Crippen LogP contribution in [0.2, 0.25) is 5.02 Å². The third kappa shape index (κ3) is 3.27. The largest absolute Gasteiger partial charge is 0.333 e. The van der Waals surface area contributed by atoms with Gasteiger partial charge in [0.2, 0.25) is 5.82 Å². The van der Waals surface area contributed by atoms with Crippen molar-refractivity contribution in [3.63, 3.8) is 0 Å². The number of aromatic nitrogens is 3. The number of carbonyl (C=O) groups excluding carboxylic acids is 1. The summed E-state index contributed by atoms with van der Waals surface area (Å²) in [5.74, 6) is 1.40. The van der Waals surface area contributed by atoms with Gasteiger partial charge in [0.05, 0.1) is 10.7 Å². The Balaban J connectivity index is 0.00000169. The van der Waals surface area contributed by atoms with Crippen LogP contribution in [-0.4, -0.2) is 51.8 Å². The first-order valence-electron chi connectivity index (χ1n) is 7.96. The van der Waals surface area contributed by atoms with E-state index in [2.05, 4.69) is 15.4 Å². The summed E-state index contributed by atoms with van der Waals surface area (Å²) in [5, 5.41) is 8.34. The number of halogens is 2. The zero-order valence-corrected chi connectivity index (χ0v) is 14.7. The van der Waals surface area contributed by atoms with E-state index in [0.29, 0.717) is 24.0 Å². The first-order chi connectivity index (χ1) is 11.2. The zero-order valence-electron chi connectivity index (χ0n) is 13.1.